The SMILES string of the molecule is CC(NC(=O)C1CCCN1)C1CCCC1.Cl. The van der Waals surface area contributed by atoms with Crippen molar-refractivity contribution in [3.63, 3.8) is 0 Å². The Balaban J connectivity index is 0.00000128. The Morgan fingerprint density at radius 1 is 1.25 bits per heavy atom. The molecule has 2 fully saturated rings. The van der Waals surface area contributed by atoms with Crippen molar-refractivity contribution in [1.82, 2.24) is 10.6 Å². The number of carbonyl (C=O) groups excluding carboxylic acids is 1. The van der Waals surface area contributed by atoms with Gasteiger partial charge in [-0.2, -0.15) is 0 Å². The lowest BCUT2D eigenvalue weighted by Crippen LogP contribution is -2.46. The predicted octanol–water partition coefficient (Wildman–Crippen LogP) is 1.86. The van der Waals surface area contributed by atoms with E-state index in [1.54, 1.807) is 0 Å². The first-order valence-corrected chi connectivity index (χ1v) is 6.31. The largest absolute Gasteiger partial charge is 0.352 e. The number of nitrogens with one attached hydrogen (secondary N) is 2. The number of hydrogen-bond donors (Lipinski definition) is 2. The summed E-state index contributed by atoms with van der Waals surface area (Å²) in [4.78, 5) is 11.8. The van der Waals surface area contributed by atoms with Crippen molar-refractivity contribution in [2.24, 2.45) is 5.92 Å². The van der Waals surface area contributed by atoms with Crippen LogP contribution in [0.2, 0.25) is 0 Å². The summed E-state index contributed by atoms with van der Waals surface area (Å²) in [6.07, 6.45) is 7.40. The lowest BCUT2D eigenvalue weighted by molar-refractivity contribution is -0.123. The molecule has 1 heterocycles. The van der Waals surface area contributed by atoms with Gasteiger partial charge in [0, 0.05) is 6.04 Å². The maximum Gasteiger partial charge on any atom is 0.237 e. The van der Waals surface area contributed by atoms with Gasteiger partial charge in [0.05, 0.1) is 6.04 Å². The molecule has 94 valence electrons. The Hall–Kier alpha value is -0.280. The van der Waals surface area contributed by atoms with Crippen molar-refractivity contribution in [3.8, 4) is 0 Å². The summed E-state index contributed by atoms with van der Waals surface area (Å²) >= 11 is 0. The molecule has 2 N–H and O–H groups in total. The van der Waals surface area contributed by atoms with Crippen LogP contribution in [0, 0.1) is 5.92 Å². The zero-order chi connectivity index (χ0) is 10.7. The molecule has 1 amide bonds. The monoisotopic (exact) mass is 246 g/mol. The normalized spacial score (nSPS) is 27.4. The van der Waals surface area contributed by atoms with E-state index in [0.29, 0.717) is 6.04 Å². The molecular weight excluding hydrogens is 224 g/mol. The summed E-state index contributed by atoms with van der Waals surface area (Å²) in [5, 5.41) is 6.40. The van der Waals surface area contributed by atoms with Crippen LogP contribution in [-0.4, -0.2) is 24.5 Å². The number of halogens is 1. The smallest absolute Gasteiger partial charge is 0.237 e. The molecule has 0 aromatic rings. The highest BCUT2D eigenvalue weighted by Crippen LogP contribution is 2.27. The first-order valence-electron chi connectivity index (χ1n) is 6.31. The van der Waals surface area contributed by atoms with E-state index >= 15 is 0 Å². The zero-order valence-corrected chi connectivity index (χ0v) is 10.8. The molecule has 1 saturated heterocycles. The molecule has 2 aliphatic rings. The first-order chi connectivity index (χ1) is 7.27. The van der Waals surface area contributed by atoms with E-state index in [1.807, 2.05) is 0 Å². The third kappa shape index (κ3) is 3.36. The van der Waals surface area contributed by atoms with Crippen LogP contribution in [0.3, 0.4) is 0 Å². The second kappa shape index (κ2) is 6.45. The molecule has 1 aliphatic heterocycles. The number of amides is 1. The van der Waals surface area contributed by atoms with Crippen molar-refractivity contribution < 1.29 is 4.79 Å². The third-order valence-corrected chi connectivity index (χ3v) is 3.85. The van der Waals surface area contributed by atoms with Crippen molar-refractivity contribution in [1.29, 1.82) is 0 Å². The second-order valence-corrected chi connectivity index (χ2v) is 4.99. The summed E-state index contributed by atoms with van der Waals surface area (Å²) in [7, 11) is 0. The van der Waals surface area contributed by atoms with Gasteiger partial charge in [-0.1, -0.05) is 12.8 Å². The van der Waals surface area contributed by atoms with Gasteiger partial charge in [0.2, 0.25) is 5.91 Å². The second-order valence-electron chi connectivity index (χ2n) is 4.99. The van der Waals surface area contributed by atoms with Gasteiger partial charge in [0.1, 0.15) is 0 Å². The highest BCUT2D eigenvalue weighted by atomic mass is 35.5. The molecule has 1 aliphatic carbocycles. The minimum absolute atomic E-state index is 0. The summed E-state index contributed by atoms with van der Waals surface area (Å²) in [6.45, 7) is 3.15. The van der Waals surface area contributed by atoms with Crippen molar-refractivity contribution in [2.75, 3.05) is 6.54 Å². The molecule has 16 heavy (non-hydrogen) atoms. The maximum absolute atomic E-state index is 11.8. The van der Waals surface area contributed by atoms with E-state index in [9.17, 15) is 4.79 Å². The molecule has 2 rings (SSSR count). The minimum atomic E-state index is 0. The summed E-state index contributed by atoms with van der Waals surface area (Å²) in [5.41, 5.74) is 0. The zero-order valence-electron chi connectivity index (χ0n) is 10.00. The number of rotatable bonds is 3. The predicted molar refractivity (Wildman–Crippen MR) is 67.8 cm³/mol. The quantitative estimate of drug-likeness (QED) is 0.798. The first kappa shape index (κ1) is 13.8. The van der Waals surface area contributed by atoms with Gasteiger partial charge < -0.3 is 10.6 Å². The molecule has 0 spiro atoms. The van der Waals surface area contributed by atoms with Crippen molar-refractivity contribution in [3.05, 3.63) is 0 Å². The summed E-state index contributed by atoms with van der Waals surface area (Å²) in [5.74, 6) is 0.933. The van der Waals surface area contributed by atoms with Crippen LogP contribution in [0.5, 0.6) is 0 Å². The molecule has 2 unspecified atom stereocenters. The maximum atomic E-state index is 11.8. The standard InChI is InChI=1S/C12H22N2O.ClH/c1-9(10-5-2-3-6-10)14-12(15)11-7-4-8-13-11;/h9-11,13H,2-8H2,1H3,(H,14,15);1H. The molecule has 0 aromatic carbocycles. The average molecular weight is 247 g/mol. The van der Waals surface area contributed by atoms with Gasteiger partial charge in [0.25, 0.3) is 0 Å². The molecule has 0 radical (unpaired) electrons. The van der Waals surface area contributed by atoms with Gasteiger partial charge in [-0.3, -0.25) is 4.79 Å². The van der Waals surface area contributed by atoms with Crippen molar-refractivity contribution >= 4 is 18.3 Å². The number of carbonyl (C=O) groups is 1. The Bertz CT molecular complexity index is 223. The molecule has 2 atom stereocenters. The molecular formula is C12H23ClN2O. The Labute approximate surface area is 104 Å². The highest BCUT2D eigenvalue weighted by Gasteiger charge is 2.27. The van der Waals surface area contributed by atoms with Gasteiger partial charge in [-0.25, -0.2) is 0 Å². The van der Waals surface area contributed by atoms with Crippen LogP contribution in [0.1, 0.15) is 45.4 Å². The fourth-order valence-corrected chi connectivity index (χ4v) is 2.81. The lowest BCUT2D eigenvalue weighted by Gasteiger charge is -2.22. The van der Waals surface area contributed by atoms with Crippen LogP contribution in [0.15, 0.2) is 0 Å². The van der Waals surface area contributed by atoms with E-state index in [2.05, 4.69) is 17.6 Å². The van der Waals surface area contributed by atoms with Gasteiger partial charge in [-0.15, -0.1) is 12.4 Å². The molecule has 0 bridgehead atoms. The lowest BCUT2D eigenvalue weighted by atomic mass is 9.99. The van der Waals surface area contributed by atoms with Gasteiger partial charge in [0.15, 0.2) is 0 Å². The van der Waals surface area contributed by atoms with E-state index in [4.69, 9.17) is 0 Å². The van der Waals surface area contributed by atoms with E-state index < -0.39 is 0 Å². The third-order valence-electron chi connectivity index (χ3n) is 3.85. The topological polar surface area (TPSA) is 41.1 Å². The summed E-state index contributed by atoms with van der Waals surface area (Å²) < 4.78 is 0. The fraction of sp³-hybridized carbons (Fsp3) is 0.917. The van der Waals surface area contributed by atoms with Crippen LogP contribution >= 0.6 is 12.4 Å². The fourth-order valence-electron chi connectivity index (χ4n) is 2.81. The van der Waals surface area contributed by atoms with Crippen LogP contribution in [-0.2, 0) is 4.79 Å². The Kier molecular flexibility index (Phi) is 5.56. The molecule has 0 aromatic heterocycles. The average Bonchev–Trinajstić information content (AvgIpc) is 2.91. The van der Waals surface area contributed by atoms with Crippen molar-refractivity contribution in [2.45, 2.75) is 57.5 Å². The number of hydrogen-bond acceptors (Lipinski definition) is 2. The Morgan fingerprint density at radius 2 is 1.94 bits per heavy atom. The van der Waals surface area contributed by atoms with E-state index in [0.717, 1.165) is 25.3 Å². The van der Waals surface area contributed by atoms with E-state index in [1.165, 1.54) is 25.7 Å². The van der Waals surface area contributed by atoms with Crippen LogP contribution in [0.25, 0.3) is 0 Å². The van der Waals surface area contributed by atoms with Gasteiger partial charge >= 0.3 is 0 Å². The van der Waals surface area contributed by atoms with Gasteiger partial charge in [-0.05, 0) is 45.1 Å². The molecule has 1 saturated carbocycles. The summed E-state index contributed by atoms with van der Waals surface area (Å²) in [6, 6.07) is 0.441. The van der Waals surface area contributed by atoms with Crippen LogP contribution < -0.4 is 10.6 Å². The highest BCUT2D eigenvalue weighted by molar-refractivity contribution is 5.85. The van der Waals surface area contributed by atoms with Crippen LogP contribution in [0.4, 0.5) is 0 Å². The molecule has 3 nitrogen and oxygen atoms in total. The minimum Gasteiger partial charge on any atom is -0.352 e. The Morgan fingerprint density at radius 3 is 2.50 bits per heavy atom. The van der Waals surface area contributed by atoms with E-state index in [-0.39, 0.29) is 24.4 Å². The molecule has 4 heteroatoms.